The number of hydrogen-bond donors (Lipinski definition) is 0. The number of pyridine rings is 1. The topological polar surface area (TPSA) is 85.4 Å². The lowest BCUT2D eigenvalue weighted by Crippen LogP contribution is -1.87. The van der Waals surface area contributed by atoms with Crippen molar-refractivity contribution < 1.29 is 0 Å². The molecule has 0 aliphatic heterocycles. The molecule has 0 saturated carbocycles. The molecule has 1 heterocycles. The Bertz CT molecular complexity index is 483. The van der Waals surface area contributed by atoms with Gasteiger partial charge in [-0.2, -0.15) is 5.26 Å². The first-order valence-electron chi connectivity index (χ1n) is 4.23. The highest BCUT2D eigenvalue weighted by molar-refractivity contribution is 5.42. The average Bonchev–Trinajstić information content (AvgIpc) is 2.29. The summed E-state index contributed by atoms with van der Waals surface area (Å²) in [5, 5.41) is 12.1. The molecular weight excluding hydrogens is 190 g/mol. The van der Waals surface area contributed by atoms with E-state index in [1.807, 2.05) is 6.07 Å². The van der Waals surface area contributed by atoms with Crippen molar-refractivity contribution in [3.8, 4) is 17.9 Å². The monoisotopic (exact) mass is 197 g/mol. The molecule has 1 rings (SSSR count). The van der Waals surface area contributed by atoms with Gasteiger partial charge in [-0.25, -0.2) is 4.98 Å². The van der Waals surface area contributed by atoms with Crippen molar-refractivity contribution in [2.45, 2.75) is 6.42 Å². The third-order valence-electron chi connectivity index (χ3n) is 1.54. The minimum atomic E-state index is 0.332. The van der Waals surface area contributed by atoms with Crippen LogP contribution in [-0.2, 0) is 0 Å². The van der Waals surface area contributed by atoms with E-state index in [4.69, 9.17) is 10.8 Å². The lowest BCUT2D eigenvalue weighted by Gasteiger charge is -1.90. The highest BCUT2D eigenvalue weighted by atomic mass is 15.1. The average molecular weight is 197 g/mol. The Morgan fingerprint density at radius 1 is 1.60 bits per heavy atom. The largest absolute Gasteiger partial charge is 0.246 e. The van der Waals surface area contributed by atoms with Gasteiger partial charge in [0.25, 0.3) is 0 Å². The maximum atomic E-state index is 8.73. The number of nitriles is 1. The van der Waals surface area contributed by atoms with E-state index in [0.717, 1.165) is 0 Å². The molecular formula is C10H7N5. The van der Waals surface area contributed by atoms with Gasteiger partial charge >= 0.3 is 0 Å². The van der Waals surface area contributed by atoms with Crippen LogP contribution in [0.25, 0.3) is 10.4 Å². The predicted octanol–water partition coefficient (Wildman–Crippen LogP) is 2.01. The van der Waals surface area contributed by atoms with Crippen molar-refractivity contribution in [1.82, 2.24) is 4.98 Å². The molecule has 5 heteroatoms. The highest BCUT2D eigenvalue weighted by Gasteiger charge is 1.96. The van der Waals surface area contributed by atoms with Crippen molar-refractivity contribution >= 4 is 0 Å². The molecule has 0 amide bonds. The molecule has 0 aliphatic rings. The summed E-state index contributed by atoms with van der Waals surface area (Å²) >= 11 is 0. The van der Waals surface area contributed by atoms with Gasteiger partial charge in [-0.15, -0.1) is 0 Å². The molecule has 0 atom stereocenters. The van der Waals surface area contributed by atoms with Crippen LogP contribution in [0.1, 0.15) is 17.7 Å². The van der Waals surface area contributed by atoms with Crippen LogP contribution in [0.15, 0.2) is 23.4 Å². The van der Waals surface area contributed by atoms with Crippen LogP contribution < -0.4 is 0 Å². The molecule has 0 fully saturated rings. The summed E-state index contributed by atoms with van der Waals surface area (Å²) in [6.07, 6.45) is 2.05. The molecule has 1 aromatic rings. The zero-order valence-electron chi connectivity index (χ0n) is 7.88. The summed E-state index contributed by atoms with van der Waals surface area (Å²) in [5.41, 5.74) is 8.93. The molecule has 0 unspecified atom stereocenters. The van der Waals surface area contributed by atoms with Crippen molar-refractivity contribution in [1.29, 1.82) is 5.26 Å². The third kappa shape index (κ3) is 3.40. The lowest BCUT2D eigenvalue weighted by molar-refractivity contribution is 1.01. The van der Waals surface area contributed by atoms with E-state index < -0.39 is 0 Å². The van der Waals surface area contributed by atoms with E-state index in [-0.39, 0.29) is 0 Å². The second kappa shape index (κ2) is 6.04. The Hall–Kier alpha value is -2.49. The summed E-state index contributed by atoms with van der Waals surface area (Å²) in [5.74, 6) is 5.54. The Labute approximate surface area is 87.0 Å². The van der Waals surface area contributed by atoms with E-state index in [2.05, 4.69) is 26.9 Å². The van der Waals surface area contributed by atoms with Crippen LogP contribution in [0.2, 0.25) is 0 Å². The van der Waals surface area contributed by atoms with Gasteiger partial charge in [0.1, 0.15) is 11.8 Å². The molecule has 0 N–H and O–H groups in total. The zero-order valence-corrected chi connectivity index (χ0v) is 7.88. The number of aromatic nitrogens is 1. The maximum Gasteiger partial charge on any atom is 0.130 e. The quantitative estimate of drug-likeness (QED) is 0.239. The molecule has 0 aromatic carbocycles. The van der Waals surface area contributed by atoms with Crippen LogP contribution in [0.3, 0.4) is 0 Å². The number of rotatable bonds is 2. The van der Waals surface area contributed by atoms with E-state index in [9.17, 15) is 0 Å². The number of hydrogen-bond acceptors (Lipinski definition) is 3. The van der Waals surface area contributed by atoms with Gasteiger partial charge < -0.3 is 0 Å². The Morgan fingerprint density at radius 2 is 2.47 bits per heavy atom. The van der Waals surface area contributed by atoms with Crippen LogP contribution in [0, 0.1) is 23.2 Å². The predicted molar refractivity (Wildman–Crippen MR) is 54.5 cm³/mol. The minimum absolute atomic E-state index is 0.332. The lowest BCUT2D eigenvalue weighted by atomic mass is 10.2. The summed E-state index contributed by atoms with van der Waals surface area (Å²) in [4.78, 5) is 6.57. The smallest absolute Gasteiger partial charge is 0.130 e. The second-order valence-electron chi connectivity index (χ2n) is 2.52. The third-order valence-corrected chi connectivity index (χ3v) is 1.54. The van der Waals surface area contributed by atoms with Gasteiger partial charge in [0.15, 0.2) is 0 Å². The van der Waals surface area contributed by atoms with E-state index >= 15 is 0 Å². The summed E-state index contributed by atoms with van der Waals surface area (Å²) in [6.45, 7) is 0.332. The van der Waals surface area contributed by atoms with Gasteiger partial charge in [0, 0.05) is 24.1 Å². The highest BCUT2D eigenvalue weighted by Crippen LogP contribution is 2.00. The molecule has 15 heavy (non-hydrogen) atoms. The van der Waals surface area contributed by atoms with Crippen LogP contribution >= 0.6 is 0 Å². The fourth-order valence-corrected chi connectivity index (χ4v) is 0.892. The Kier molecular flexibility index (Phi) is 4.26. The fraction of sp³-hybridized carbons (Fsp3) is 0.200. The molecule has 5 nitrogen and oxygen atoms in total. The van der Waals surface area contributed by atoms with Crippen molar-refractivity contribution in [3.05, 3.63) is 40.0 Å². The molecule has 0 saturated heterocycles. The summed E-state index contributed by atoms with van der Waals surface area (Å²) in [7, 11) is 0. The van der Waals surface area contributed by atoms with Crippen molar-refractivity contribution in [2.24, 2.45) is 5.11 Å². The number of nitrogens with zero attached hydrogens (tertiary/aromatic N) is 5. The summed E-state index contributed by atoms with van der Waals surface area (Å²) < 4.78 is 0. The molecule has 0 radical (unpaired) electrons. The second-order valence-corrected chi connectivity index (χ2v) is 2.52. The molecule has 0 spiro atoms. The Balaban J connectivity index is 2.72. The van der Waals surface area contributed by atoms with Gasteiger partial charge in [0.05, 0.1) is 5.56 Å². The van der Waals surface area contributed by atoms with Crippen molar-refractivity contribution in [2.75, 3.05) is 6.54 Å². The Morgan fingerprint density at radius 3 is 3.20 bits per heavy atom. The molecule has 0 aliphatic carbocycles. The SMILES string of the molecule is N#Cc1cccnc1C#CCCN=[N+]=[N-]. The standard InChI is InChI=1S/C10H7N5/c11-8-9-4-3-6-13-10(9)5-1-2-7-14-15-12/h3-4,6H,2,7H2. The van der Waals surface area contributed by atoms with E-state index in [0.29, 0.717) is 24.2 Å². The van der Waals surface area contributed by atoms with Crippen LogP contribution in [-0.4, -0.2) is 11.5 Å². The first kappa shape index (κ1) is 10.6. The van der Waals surface area contributed by atoms with Crippen LogP contribution in [0.4, 0.5) is 0 Å². The van der Waals surface area contributed by atoms with Gasteiger partial charge in [0.2, 0.25) is 0 Å². The van der Waals surface area contributed by atoms with Gasteiger partial charge in [-0.05, 0) is 23.6 Å². The van der Waals surface area contributed by atoms with Gasteiger partial charge in [-0.3, -0.25) is 0 Å². The van der Waals surface area contributed by atoms with Crippen molar-refractivity contribution in [3.63, 3.8) is 0 Å². The molecule has 72 valence electrons. The summed E-state index contributed by atoms with van der Waals surface area (Å²) in [6, 6.07) is 5.34. The van der Waals surface area contributed by atoms with Crippen LogP contribution in [0.5, 0.6) is 0 Å². The minimum Gasteiger partial charge on any atom is -0.246 e. The molecule has 0 bridgehead atoms. The normalized spacial score (nSPS) is 7.93. The zero-order chi connectivity index (χ0) is 10.9. The number of azide groups is 1. The van der Waals surface area contributed by atoms with E-state index in [1.165, 1.54) is 0 Å². The molecule has 1 aromatic heterocycles. The maximum absolute atomic E-state index is 8.73. The first-order chi connectivity index (χ1) is 7.38. The van der Waals surface area contributed by atoms with Gasteiger partial charge in [-0.1, -0.05) is 11.0 Å². The fourth-order valence-electron chi connectivity index (χ4n) is 0.892. The van der Waals surface area contributed by atoms with E-state index in [1.54, 1.807) is 18.3 Å². The first-order valence-corrected chi connectivity index (χ1v) is 4.23.